The van der Waals surface area contributed by atoms with Crippen LogP contribution in [-0.2, 0) is 0 Å². The van der Waals surface area contributed by atoms with Crippen molar-refractivity contribution in [2.24, 2.45) is 0 Å². The lowest BCUT2D eigenvalue weighted by atomic mass is 10.1. The fourth-order valence-electron chi connectivity index (χ4n) is 2.37. The summed E-state index contributed by atoms with van der Waals surface area (Å²) in [7, 11) is 0. The maximum atomic E-state index is 12.7. The normalized spacial score (nSPS) is 18.0. The molecule has 1 aliphatic heterocycles. The summed E-state index contributed by atoms with van der Waals surface area (Å²) < 4.78 is 1.04. The third kappa shape index (κ3) is 3.28. The van der Waals surface area contributed by atoms with Gasteiger partial charge in [0.15, 0.2) is 0 Å². The molecule has 1 unspecified atom stereocenters. The molecule has 0 aromatic heterocycles. The first-order chi connectivity index (χ1) is 10.1. The van der Waals surface area contributed by atoms with Crippen LogP contribution in [0.2, 0.25) is 5.02 Å². The van der Waals surface area contributed by atoms with Crippen molar-refractivity contribution in [1.82, 2.24) is 4.90 Å². The van der Waals surface area contributed by atoms with E-state index >= 15 is 0 Å². The molecule has 2 aromatic carbocycles. The third-order valence-corrected chi connectivity index (χ3v) is 5.40. The van der Waals surface area contributed by atoms with Crippen LogP contribution >= 0.6 is 39.3 Å². The number of rotatable bonds is 2. The zero-order valence-electron chi connectivity index (χ0n) is 11.1. The lowest BCUT2D eigenvalue weighted by Crippen LogP contribution is -2.30. The van der Waals surface area contributed by atoms with Gasteiger partial charge in [-0.25, -0.2) is 0 Å². The Hall–Kier alpha value is -0.970. The Morgan fingerprint density at radius 1 is 1.24 bits per heavy atom. The van der Waals surface area contributed by atoms with Crippen LogP contribution in [0.25, 0.3) is 0 Å². The molecule has 0 radical (unpaired) electrons. The summed E-state index contributed by atoms with van der Waals surface area (Å²) in [4.78, 5) is 14.6. The number of thioether (sulfide) groups is 1. The zero-order valence-corrected chi connectivity index (χ0v) is 14.3. The Morgan fingerprint density at radius 2 is 2.00 bits per heavy atom. The molecule has 1 saturated heterocycles. The molecule has 21 heavy (non-hydrogen) atoms. The molecule has 3 rings (SSSR count). The number of hydrogen-bond donors (Lipinski definition) is 0. The summed E-state index contributed by atoms with van der Waals surface area (Å²) >= 11 is 11.2. The van der Waals surface area contributed by atoms with Gasteiger partial charge in [-0.15, -0.1) is 11.8 Å². The van der Waals surface area contributed by atoms with Gasteiger partial charge in [0, 0.05) is 27.4 Å². The predicted octanol–water partition coefficient (Wildman–Crippen LogP) is 4.99. The Kier molecular flexibility index (Phi) is 4.57. The molecule has 0 spiro atoms. The highest BCUT2D eigenvalue weighted by atomic mass is 79.9. The highest BCUT2D eigenvalue weighted by molar-refractivity contribution is 9.10. The van der Waals surface area contributed by atoms with Crippen LogP contribution in [0.1, 0.15) is 21.3 Å². The number of halogens is 2. The average molecular weight is 383 g/mol. The van der Waals surface area contributed by atoms with Crippen LogP contribution in [-0.4, -0.2) is 23.1 Å². The maximum absolute atomic E-state index is 12.7. The summed E-state index contributed by atoms with van der Waals surface area (Å²) in [6.45, 7) is 0.761. The maximum Gasteiger partial charge on any atom is 0.255 e. The first kappa shape index (κ1) is 14.9. The van der Waals surface area contributed by atoms with Gasteiger partial charge in [-0.3, -0.25) is 4.79 Å². The van der Waals surface area contributed by atoms with E-state index in [1.165, 1.54) is 0 Å². The number of carbonyl (C=O) groups excluding carboxylic acids is 1. The molecule has 0 N–H and O–H groups in total. The Bertz CT molecular complexity index is 662. The van der Waals surface area contributed by atoms with E-state index < -0.39 is 0 Å². The van der Waals surface area contributed by atoms with Gasteiger partial charge in [0.25, 0.3) is 5.91 Å². The quantitative estimate of drug-likeness (QED) is 0.729. The molecular weight excluding hydrogens is 370 g/mol. The molecule has 0 aliphatic carbocycles. The van der Waals surface area contributed by atoms with Crippen molar-refractivity contribution in [2.75, 3.05) is 12.3 Å². The van der Waals surface area contributed by atoms with E-state index in [0.717, 1.165) is 22.3 Å². The van der Waals surface area contributed by atoms with Crippen molar-refractivity contribution in [3.63, 3.8) is 0 Å². The second-order valence-corrected chi connectivity index (χ2v) is 7.32. The average Bonchev–Trinajstić information content (AvgIpc) is 2.96. The summed E-state index contributed by atoms with van der Waals surface area (Å²) in [5, 5.41) is 0.664. The Balaban J connectivity index is 1.87. The van der Waals surface area contributed by atoms with Crippen molar-refractivity contribution in [2.45, 2.75) is 5.37 Å². The van der Waals surface area contributed by atoms with Gasteiger partial charge in [-0.05, 0) is 35.9 Å². The molecule has 5 heteroatoms. The lowest BCUT2D eigenvalue weighted by molar-refractivity contribution is 0.0760. The molecule has 0 bridgehead atoms. The van der Waals surface area contributed by atoms with Crippen LogP contribution in [0.3, 0.4) is 0 Å². The van der Waals surface area contributed by atoms with Gasteiger partial charge in [-0.1, -0.05) is 45.7 Å². The summed E-state index contributed by atoms with van der Waals surface area (Å²) in [6.07, 6.45) is 0. The second-order valence-electron chi connectivity index (χ2n) is 4.78. The smallest absolute Gasteiger partial charge is 0.255 e. The molecular formula is C16H13BrClNOS. The summed E-state index contributed by atoms with van der Waals surface area (Å²) in [5.41, 5.74) is 1.79. The molecule has 1 heterocycles. The number of hydrogen-bond acceptors (Lipinski definition) is 2. The van der Waals surface area contributed by atoms with E-state index in [2.05, 4.69) is 28.1 Å². The van der Waals surface area contributed by atoms with Crippen LogP contribution < -0.4 is 0 Å². The van der Waals surface area contributed by atoms with Gasteiger partial charge >= 0.3 is 0 Å². The first-order valence-electron chi connectivity index (χ1n) is 6.59. The highest BCUT2D eigenvalue weighted by Gasteiger charge is 2.31. The van der Waals surface area contributed by atoms with E-state index in [0.29, 0.717) is 10.6 Å². The SMILES string of the molecule is O=C(c1cccc(Cl)c1)N1CCSC1c1ccc(Br)cc1. The number of benzene rings is 2. The van der Waals surface area contributed by atoms with Crippen molar-refractivity contribution in [3.8, 4) is 0 Å². The molecule has 1 aliphatic rings. The molecule has 1 atom stereocenters. The summed E-state index contributed by atoms with van der Waals surface area (Å²) in [5.74, 6) is 0.989. The second kappa shape index (κ2) is 6.42. The summed E-state index contributed by atoms with van der Waals surface area (Å²) in [6, 6.07) is 15.3. The molecule has 2 nitrogen and oxygen atoms in total. The molecule has 108 valence electrons. The minimum absolute atomic E-state index is 0.0374. The van der Waals surface area contributed by atoms with Crippen molar-refractivity contribution >= 4 is 45.2 Å². The van der Waals surface area contributed by atoms with Crippen LogP contribution in [0.5, 0.6) is 0 Å². The number of nitrogens with zero attached hydrogens (tertiary/aromatic N) is 1. The van der Waals surface area contributed by atoms with Gasteiger partial charge < -0.3 is 4.90 Å². The monoisotopic (exact) mass is 381 g/mol. The molecule has 1 fully saturated rings. The number of amides is 1. The highest BCUT2D eigenvalue weighted by Crippen LogP contribution is 2.39. The van der Waals surface area contributed by atoms with Gasteiger partial charge in [0.05, 0.1) is 0 Å². The third-order valence-electron chi connectivity index (χ3n) is 3.38. The van der Waals surface area contributed by atoms with Crippen molar-refractivity contribution < 1.29 is 4.79 Å². The molecule has 0 saturated carbocycles. The van der Waals surface area contributed by atoms with E-state index in [9.17, 15) is 4.79 Å². The van der Waals surface area contributed by atoms with Gasteiger partial charge in [-0.2, -0.15) is 0 Å². The van der Waals surface area contributed by atoms with Crippen LogP contribution in [0.4, 0.5) is 0 Å². The van der Waals surface area contributed by atoms with E-state index in [1.807, 2.05) is 29.2 Å². The standard InChI is InChI=1S/C16H13BrClNOS/c17-13-6-4-11(5-7-13)16-19(8-9-21-16)15(20)12-2-1-3-14(18)10-12/h1-7,10,16H,8-9H2. The van der Waals surface area contributed by atoms with Crippen molar-refractivity contribution in [3.05, 3.63) is 69.2 Å². The largest absolute Gasteiger partial charge is 0.322 e. The Labute approximate surface area is 141 Å². The topological polar surface area (TPSA) is 20.3 Å². The fourth-order valence-corrected chi connectivity index (χ4v) is 4.08. The van der Waals surface area contributed by atoms with Crippen molar-refractivity contribution in [1.29, 1.82) is 0 Å². The minimum Gasteiger partial charge on any atom is -0.322 e. The number of carbonyl (C=O) groups is 1. The Morgan fingerprint density at radius 3 is 2.71 bits per heavy atom. The predicted molar refractivity (Wildman–Crippen MR) is 91.8 cm³/mol. The molecule has 1 amide bonds. The van der Waals surface area contributed by atoms with E-state index in [-0.39, 0.29) is 11.3 Å². The molecule has 2 aromatic rings. The van der Waals surface area contributed by atoms with E-state index in [4.69, 9.17) is 11.6 Å². The van der Waals surface area contributed by atoms with Crippen LogP contribution in [0.15, 0.2) is 53.0 Å². The minimum atomic E-state index is 0.0374. The zero-order chi connectivity index (χ0) is 14.8. The van der Waals surface area contributed by atoms with E-state index in [1.54, 1.807) is 23.9 Å². The van der Waals surface area contributed by atoms with Gasteiger partial charge in [0.1, 0.15) is 5.37 Å². The first-order valence-corrected chi connectivity index (χ1v) is 8.81. The fraction of sp³-hybridized carbons (Fsp3) is 0.188. The van der Waals surface area contributed by atoms with Crippen LogP contribution in [0, 0.1) is 0 Å². The lowest BCUT2D eigenvalue weighted by Gasteiger charge is -2.24. The van der Waals surface area contributed by atoms with Gasteiger partial charge in [0.2, 0.25) is 0 Å².